The molecule has 0 aliphatic heterocycles. The Morgan fingerprint density at radius 2 is 2.33 bits per heavy atom. The largest absolute Gasteiger partial charge is 0.291 e. The number of hydrogen-bond acceptors (Lipinski definition) is 3. The fraction of sp³-hybridized carbons (Fsp3) is 0. The summed E-state index contributed by atoms with van der Waals surface area (Å²) in [6.45, 7) is 0. The van der Waals surface area contributed by atoms with Crippen LogP contribution >= 0.6 is 0 Å². The van der Waals surface area contributed by atoms with Crippen LogP contribution < -0.4 is 0 Å². The van der Waals surface area contributed by atoms with Crippen molar-refractivity contribution < 1.29 is 4.92 Å². The number of nitrogens with zero attached hydrogens (tertiary/aromatic N) is 2. The van der Waals surface area contributed by atoms with E-state index in [9.17, 15) is 10.1 Å². The first-order valence-electron chi connectivity index (χ1n) is 3.07. The summed E-state index contributed by atoms with van der Waals surface area (Å²) in [6, 6.07) is 8.39. The lowest BCUT2D eigenvalue weighted by atomic mass is 10.2. The smallest absolute Gasteiger partial charge is 0.263 e. The highest BCUT2D eigenvalue weighted by molar-refractivity contribution is 7.61. The van der Waals surface area contributed by atoms with Crippen LogP contribution in [0.5, 0.6) is 0 Å². The Kier molecular flexibility index (Phi) is 2.56. The van der Waals surface area contributed by atoms with E-state index in [1.54, 1.807) is 12.1 Å². The second kappa shape index (κ2) is 3.64. The summed E-state index contributed by atoms with van der Waals surface area (Å²) < 4.78 is 3.22. The molecule has 0 aliphatic carbocycles. The zero-order valence-electron chi connectivity index (χ0n) is 5.93. The summed E-state index contributed by atoms with van der Waals surface area (Å²) in [5.41, 5.74) is 0.526. The minimum atomic E-state index is -0.478. The molecule has 0 heterocycles. The molecule has 0 atom stereocenters. The average Bonchev–Trinajstić information content (AvgIpc) is 2.05. The van der Waals surface area contributed by atoms with Gasteiger partial charge in [0.2, 0.25) is 0 Å². The third kappa shape index (κ3) is 1.90. The highest BCUT2D eigenvalue weighted by atomic mass is 32.1. The van der Waals surface area contributed by atoms with Gasteiger partial charge in [0, 0.05) is 12.1 Å². The maximum atomic E-state index is 10.3. The zero-order chi connectivity index (χ0) is 8.97. The van der Waals surface area contributed by atoms with Crippen LogP contribution in [-0.4, -0.2) is 4.92 Å². The Morgan fingerprint density at radius 1 is 1.58 bits per heavy atom. The van der Waals surface area contributed by atoms with Gasteiger partial charge >= 0.3 is 0 Å². The van der Waals surface area contributed by atoms with E-state index in [1.807, 2.05) is 0 Å². The minimum absolute atomic E-state index is 0.0126. The van der Waals surface area contributed by atoms with Gasteiger partial charge in [-0.1, -0.05) is 6.07 Å². The molecule has 1 aromatic rings. The fourth-order valence-corrected chi connectivity index (χ4v) is 0.847. The van der Waals surface area contributed by atoms with E-state index in [-0.39, 0.29) is 5.69 Å². The van der Waals surface area contributed by atoms with Gasteiger partial charge in [0.15, 0.2) is 0 Å². The van der Waals surface area contributed by atoms with Crippen LogP contribution in [0.1, 0.15) is 5.56 Å². The summed E-state index contributed by atoms with van der Waals surface area (Å²) in [4.78, 5) is 9.80. The number of non-ortho nitro benzene ring substituents is 1. The zero-order valence-corrected chi connectivity index (χ0v) is 6.75. The van der Waals surface area contributed by atoms with Crippen molar-refractivity contribution in [3.8, 4) is 6.07 Å². The number of nitro groups is 1. The predicted octanol–water partition coefficient (Wildman–Crippen LogP) is 1.74. The van der Waals surface area contributed by atoms with Gasteiger partial charge in [-0.3, -0.25) is 22.9 Å². The highest BCUT2D eigenvalue weighted by Gasteiger charge is 2.05. The first kappa shape index (κ1) is 8.43. The van der Waals surface area contributed by atoms with Crippen LogP contribution in [0.2, 0.25) is 0 Å². The molecule has 0 aliphatic rings. The van der Waals surface area contributed by atoms with E-state index >= 15 is 0 Å². The van der Waals surface area contributed by atoms with E-state index in [2.05, 4.69) is 23.1 Å². The maximum absolute atomic E-state index is 10.3. The van der Waals surface area contributed by atoms with E-state index in [0.29, 0.717) is 5.56 Å². The van der Waals surface area contributed by atoms with Gasteiger partial charge in [-0.25, -0.2) is 0 Å². The molecule has 5 heteroatoms. The minimum Gasteiger partial charge on any atom is -0.263 e. The van der Waals surface area contributed by atoms with Crippen molar-refractivity contribution >= 4 is 18.5 Å². The van der Waals surface area contributed by atoms with Gasteiger partial charge in [-0.2, -0.15) is 4.25 Å². The summed E-state index contributed by atoms with van der Waals surface area (Å²) >= 11 is 4.29. The van der Waals surface area contributed by atoms with E-state index in [0.717, 1.165) is 0 Å². The molecule has 0 saturated carbocycles. The average molecular weight is 180 g/mol. The number of benzene rings is 1. The van der Waals surface area contributed by atoms with E-state index < -0.39 is 4.92 Å². The van der Waals surface area contributed by atoms with E-state index in [1.165, 1.54) is 12.1 Å². The number of hydrogen-bond donors (Lipinski definition) is 0. The van der Waals surface area contributed by atoms with Crippen molar-refractivity contribution in [3.63, 3.8) is 0 Å². The lowest BCUT2D eigenvalue weighted by Crippen LogP contribution is -1.87. The molecule has 0 radical (unpaired) electrons. The van der Waals surface area contributed by atoms with Gasteiger partial charge in [0.1, 0.15) is 5.56 Å². The first-order chi connectivity index (χ1) is 5.74. The Morgan fingerprint density at radius 3 is 2.92 bits per heavy atom. The monoisotopic (exact) mass is 180 g/mol. The third-order valence-electron chi connectivity index (χ3n) is 1.23. The maximum Gasteiger partial charge on any atom is 0.291 e. The fourth-order valence-electron chi connectivity index (χ4n) is 0.742. The topological polar surface area (TPSA) is 47.5 Å². The van der Waals surface area contributed by atoms with Gasteiger partial charge < -0.3 is 0 Å². The summed E-state index contributed by atoms with van der Waals surface area (Å²) in [6.07, 6.45) is 0. The lowest BCUT2D eigenvalue weighted by molar-refractivity contribution is -0.384. The molecule has 0 saturated heterocycles. The Balaban J connectivity index is 3.09. The standard InChI is InChI=1S/C7H4N2O2S/c10-9(11)7-3-1-2-6(4-7)5-8-12/h1-4H. The lowest BCUT2D eigenvalue weighted by Gasteiger charge is -1.88. The van der Waals surface area contributed by atoms with Crippen molar-refractivity contribution in [2.24, 2.45) is 0 Å². The molecule has 0 spiro atoms. The Hall–Kier alpha value is -1.67. The molecule has 0 aromatic heterocycles. The van der Waals surface area contributed by atoms with Crippen molar-refractivity contribution in [2.45, 2.75) is 0 Å². The molecular weight excluding hydrogens is 176 g/mol. The van der Waals surface area contributed by atoms with Crippen molar-refractivity contribution in [1.29, 1.82) is 0 Å². The molecule has 60 valence electrons. The van der Waals surface area contributed by atoms with Crippen LogP contribution in [0.3, 0.4) is 0 Å². The van der Waals surface area contributed by atoms with Crippen LogP contribution in [0.4, 0.5) is 5.69 Å². The molecule has 0 amide bonds. The Bertz CT molecular complexity index is 367. The van der Waals surface area contributed by atoms with Crippen molar-refractivity contribution in [3.05, 3.63) is 44.2 Å². The van der Waals surface area contributed by atoms with E-state index in [4.69, 9.17) is 0 Å². The van der Waals surface area contributed by atoms with Gasteiger partial charge in [0.25, 0.3) is 11.8 Å². The second-order valence-electron chi connectivity index (χ2n) is 2.01. The van der Waals surface area contributed by atoms with Crippen LogP contribution in [-0.2, 0) is 12.8 Å². The molecule has 0 N–H and O–H groups in total. The summed E-state index contributed by atoms with van der Waals surface area (Å²) in [5.74, 6) is 0. The molecule has 4 nitrogen and oxygen atoms in total. The van der Waals surface area contributed by atoms with Gasteiger partial charge in [-0.15, -0.1) is 0 Å². The molecular formula is C7H4N2O2S. The van der Waals surface area contributed by atoms with Crippen molar-refractivity contribution in [2.75, 3.05) is 0 Å². The highest BCUT2D eigenvalue weighted by Crippen LogP contribution is 2.11. The molecule has 12 heavy (non-hydrogen) atoms. The molecule has 0 fully saturated rings. The van der Waals surface area contributed by atoms with Crippen LogP contribution in [0.15, 0.2) is 24.3 Å². The normalized spacial score (nSPS) is 8.33. The first-order valence-corrected chi connectivity index (χ1v) is 3.43. The van der Waals surface area contributed by atoms with Crippen LogP contribution in [0.25, 0.3) is 4.25 Å². The Labute approximate surface area is 74.3 Å². The molecule has 1 rings (SSSR count). The van der Waals surface area contributed by atoms with Crippen molar-refractivity contribution in [1.82, 2.24) is 0 Å². The molecule has 0 unspecified atom stereocenters. The molecule has 0 bridgehead atoms. The van der Waals surface area contributed by atoms with Gasteiger partial charge in [0.05, 0.1) is 4.92 Å². The SMILES string of the molecule is O=[N+]([O-])c1cccc(C#[N+][S-])c1. The molecule has 1 aromatic carbocycles. The predicted molar refractivity (Wildman–Crippen MR) is 46.8 cm³/mol. The van der Waals surface area contributed by atoms with Crippen LogP contribution in [0, 0.1) is 16.2 Å². The second-order valence-corrected chi connectivity index (χ2v) is 2.19. The third-order valence-corrected chi connectivity index (χ3v) is 1.32. The number of rotatable bonds is 1. The quantitative estimate of drug-likeness (QED) is 0.375. The summed E-state index contributed by atoms with van der Waals surface area (Å²) in [5, 5.41) is 10.3. The number of nitro benzene ring substituents is 1. The van der Waals surface area contributed by atoms with Gasteiger partial charge in [-0.05, 0) is 6.07 Å². The summed E-state index contributed by atoms with van der Waals surface area (Å²) in [7, 11) is 0.